The number of fused-ring (bicyclic) bond motifs is 12. The second-order valence-electron chi connectivity index (χ2n) is 25.6. The number of thiazole rings is 1. The van der Waals surface area contributed by atoms with Crippen LogP contribution in [0.4, 0.5) is 23.1 Å². The van der Waals surface area contributed by atoms with E-state index in [0.29, 0.717) is 25.7 Å². The fourth-order valence-electron chi connectivity index (χ4n) is 13.5. The number of aromatic nitrogens is 12. The number of aryl methyl sites for hydroxylation is 13. The quantitative estimate of drug-likeness (QED) is 0.0646. The lowest BCUT2D eigenvalue weighted by Crippen LogP contribution is -2.21. The lowest BCUT2D eigenvalue weighted by atomic mass is 9.95. The summed E-state index contributed by atoms with van der Waals surface area (Å²) < 4.78 is 23.6. The summed E-state index contributed by atoms with van der Waals surface area (Å²) in [5.74, 6) is 4.28. The Morgan fingerprint density at radius 3 is 1.42 bits per heavy atom. The van der Waals surface area contributed by atoms with Gasteiger partial charge >= 0.3 is 0 Å². The van der Waals surface area contributed by atoms with Crippen molar-refractivity contribution >= 4 is 162 Å². The number of rotatable bonds is 15. The van der Waals surface area contributed by atoms with Gasteiger partial charge in [0.05, 0.1) is 84.6 Å². The van der Waals surface area contributed by atoms with Gasteiger partial charge in [-0.1, -0.05) is 49.1 Å². The summed E-state index contributed by atoms with van der Waals surface area (Å²) in [6, 6.07) is 23.5. The van der Waals surface area contributed by atoms with E-state index in [4.69, 9.17) is 29.5 Å². The van der Waals surface area contributed by atoms with Crippen LogP contribution < -0.4 is 30.7 Å². The van der Waals surface area contributed by atoms with E-state index in [1.54, 1.807) is 70.9 Å². The van der Waals surface area contributed by atoms with Gasteiger partial charge in [-0.3, -0.25) is 14.0 Å². The number of pyridine rings is 4. The van der Waals surface area contributed by atoms with Crippen molar-refractivity contribution in [3.63, 3.8) is 0 Å². The molecule has 13 heterocycles. The van der Waals surface area contributed by atoms with Gasteiger partial charge < -0.3 is 40.4 Å². The molecule has 0 radical (unpaired) electrons. The highest BCUT2D eigenvalue weighted by Crippen LogP contribution is 2.44. The average Bonchev–Trinajstić information content (AvgIpc) is 1.62. The third kappa shape index (κ3) is 13.7. The molecule has 19 nitrogen and oxygen atoms in total. The highest BCUT2D eigenvalue weighted by Gasteiger charge is 2.24. The van der Waals surface area contributed by atoms with Crippen molar-refractivity contribution in [3.8, 4) is 11.5 Å². The zero-order valence-electron chi connectivity index (χ0n) is 58.3. The molecule has 0 aliphatic heterocycles. The third-order valence-corrected chi connectivity index (χ3v) is 23.1. The Bertz CT molecular complexity index is 5420. The maximum Gasteiger partial charge on any atom is 0.166 e. The molecule has 0 spiro atoms. The third-order valence-electron chi connectivity index (χ3n) is 18.0. The molecule has 98 heavy (non-hydrogen) atoms. The van der Waals surface area contributed by atoms with E-state index >= 15 is 0 Å². The Morgan fingerprint density at radius 1 is 0.510 bits per heavy atom. The molecule has 1 fully saturated rings. The lowest BCUT2D eigenvalue weighted by molar-refractivity contribution is 0.278. The maximum absolute atomic E-state index is 9.48. The molecule has 24 heteroatoms. The van der Waals surface area contributed by atoms with E-state index in [9.17, 15) is 5.11 Å². The van der Waals surface area contributed by atoms with E-state index in [1.807, 2.05) is 81.1 Å². The number of ether oxygens (including phenoxy) is 2. The summed E-state index contributed by atoms with van der Waals surface area (Å²) in [5.41, 5.74) is 19.8. The van der Waals surface area contributed by atoms with E-state index in [0.717, 1.165) is 114 Å². The Morgan fingerprint density at radius 2 is 0.969 bits per heavy atom. The van der Waals surface area contributed by atoms with E-state index in [2.05, 4.69) is 148 Å². The minimum Gasteiger partial charge on any atom is -0.497 e. The van der Waals surface area contributed by atoms with Crippen molar-refractivity contribution < 1.29 is 14.6 Å². The SMILES string of the molecule is COc1ccc(CNc2nn(C)c3c2sc2nc(C)cc(C)c23)c(OC)c1.Cc1cc(C)c2c(n1)sc1c(NC3CCCCC3)cn(CCO)c12.Cc1cc(C)c2c(n1)sc1c(NCc3csc(C)n3)nn(C)c12.Cc1ccc(CNc2nn(C)c3c2sc2nc(C)cc(C)c23)cc1. The predicted molar refractivity (Wildman–Crippen MR) is 412 cm³/mol. The van der Waals surface area contributed by atoms with Gasteiger partial charge in [0.15, 0.2) is 17.5 Å². The lowest BCUT2D eigenvalue weighted by Gasteiger charge is -2.23. The van der Waals surface area contributed by atoms with Crippen LogP contribution in [0.25, 0.3) is 81.7 Å². The molecule has 0 bridgehead atoms. The van der Waals surface area contributed by atoms with Gasteiger partial charge in [-0.05, 0) is 146 Å². The second-order valence-corrected chi connectivity index (χ2v) is 30.7. The minimum absolute atomic E-state index is 0.155. The van der Waals surface area contributed by atoms with Gasteiger partial charge in [0.2, 0.25) is 0 Å². The summed E-state index contributed by atoms with van der Waals surface area (Å²) in [5, 5.41) is 45.7. The Hall–Kier alpha value is -8.78. The van der Waals surface area contributed by atoms with Crippen molar-refractivity contribution in [3.05, 3.63) is 151 Å². The molecule has 15 aromatic rings. The Kier molecular flexibility index (Phi) is 19.8. The molecule has 13 aromatic heterocycles. The standard InChI is InChI=1S/C20H22N4O2S.C19H20N4S.C19H25N3OS.C16H17N5S2/c1-11-8-12(2)22-20-16(11)17-18(27-20)19(23-24(17)3)21-10-13-6-7-14(25-4)9-15(13)26-5;1-11-5-7-14(8-6-11)10-20-18-17-16(23(4)22-18)15-12(2)9-13(3)21-19(15)24-17;1-12-10-13(2)20-19-16(12)17-18(24-19)15(11-22(17)8-9-23)21-14-6-4-3-5-7-14;1-8-5-9(2)18-16-12(8)13-14(23-16)15(20-21(13)4)17-6-11-7-22-10(3)19-11/h6-9H,10H2,1-5H3,(H,21,23);5-9H,10H2,1-4H3,(H,20,22);10-11,14,21,23H,3-9H2,1-2H3;5,7H,6H2,1-4H3,(H,17,20). The highest BCUT2D eigenvalue weighted by molar-refractivity contribution is 7.27. The van der Waals surface area contributed by atoms with Crippen LogP contribution in [0, 0.1) is 69.2 Å². The van der Waals surface area contributed by atoms with Gasteiger partial charge in [0.1, 0.15) is 30.8 Å². The minimum atomic E-state index is 0.155. The molecule has 1 aliphatic rings. The molecule has 1 saturated carbocycles. The van der Waals surface area contributed by atoms with Gasteiger partial charge in [-0.25, -0.2) is 24.9 Å². The van der Waals surface area contributed by atoms with E-state index in [1.165, 1.54) is 113 Å². The van der Waals surface area contributed by atoms with Gasteiger partial charge in [-0.2, -0.15) is 15.3 Å². The van der Waals surface area contributed by atoms with Crippen LogP contribution in [-0.4, -0.2) is 90.8 Å². The zero-order valence-corrected chi connectivity index (χ0v) is 62.4. The monoisotopic (exact) mass is 1400 g/mol. The van der Waals surface area contributed by atoms with Crippen LogP contribution in [0.2, 0.25) is 0 Å². The van der Waals surface area contributed by atoms with Crippen LogP contribution in [0.5, 0.6) is 11.5 Å². The molecular formula is C74H84N16O3S5. The summed E-state index contributed by atoms with van der Waals surface area (Å²) in [6.07, 6.45) is 8.71. The van der Waals surface area contributed by atoms with Crippen molar-refractivity contribution in [2.75, 3.05) is 42.1 Å². The number of hydrogen-bond acceptors (Lipinski definition) is 20. The topological polar surface area (TPSA) is 210 Å². The van der Waals surface area contributed by atoms with Crippen molar-refractivity contribution in [2.45, 2.75) is 134 Å². The molecule has 2 aromatic carbocycles. The number of hydrogen-bond donors (Lipinski definition) is 5. The number of aliphatic hydroxyl groups excluding tert-OH is 1. The number of thiophene rings is 4. The van der Waals surface area contributed by atoms with Crippen LogP contribution in [0.15, 0.2) is 78.3 Å². The second kappa shape index (κ2) is 28.6. The number of anilines is 4. The van der Waals surface area contributed by atoms with E-state index in [-0.39, 0.29) is 6.61 Å². The molecule has 0 saturated heterocycles. The summed E-state index contributed by atoms with van der Waals surface area (Å²) in [4.78, 5) is 27.7. The Balaban J connectivity index is 0.000000118. The molecule has 1 aliphatic carbocycles. The fourth-order valence-corrected chi connectivity index (χ4v) is 19.2. The van der Waals surface area contributed by atoms with Crippen LogP contribution in [-0.2, 0) is 47.3 Å². The van der Waals surface area contributed by atoms with Crippen LogP contribution >= 0.6 is 56.7 Å². The van der Waals surface area contributed by atoms with Gasteiger partial charge in [0.25, 0.3) is 0 Å². The number of nitrogens with one attached hydrogen (secondary N) is 4. The van der Waals surface area contributed by atoms with Gasteiger partial charge in [-0.15, -0.1) is 56.7 Å². The predicted octanol–water partition coefficient (Wildman–Crippen LogP) is 17.9. The number of aliphatic hydroxyl groups is 1. The largest absolute Gasteiger partial charge is 0.497 e. The molecule has 0 unspecified atom stereocenters. The first-order valence-corrected chi connectivity index (χ1v) is 37.2. The maximum atomic E-state index is 9.48. The number of benzene rings is 2. The zero-order chi connectivity index (χ0) is 68.8. The molecular weight excluding hydrogens is 1320 g/mol. The molecule has 5 N–H and O–H groups in total. The normalized spacial score (nSPS) is 12.7. The molecule has 0 amide bonds. The van der Waals surface area contributed by atoms with E-state index < -0.39 is 0 Å². The first-order chi connectivity index (χ1) is 47.2. The fraction of sp³-hybridized carbons (Fsp3) is 0.351. The molecule has 16 rings (SSSR count). The number of nitrogens with zero attached hydrogens (tertiary/aromatic N) is 12. The smallest absolute Gasteiger partial charge is 0.166 e. The van der Waals surface area contributed by atoms with Gasteiger partial charge in [0, 0.05) is 114 Å². The summed E-state index contributed by atoms with van der Waals surface area (Å²) in [7, 11) is 9.29. The molecule has 508 valence electrons. The first kappa shape index (κ1) is 67.8. The Labute approximate surface area is 589 Å². The summed E-state index contributed by atoms with van der Waals surface area (Å²) in [6.45, 7) is 23.7. The average molecular weight is 1410 g/mol. The summed E-state index contributed by atoms with van der Waals surface area (Å²) >= 11 is 8.55. The molecule has 0 atom stereocenters. The van der Waals surface area contributed by atoms with Crippen molar-refractivity contribution in [1.29, 1.82) is 0 Å². The first-order valence-electron chi connectivity index (χ1n) is 33.1. The van der Waals surface area contributed by atoms with Crippen LogP contribution in [0.1, 0.15) is 105 Å². The van der Waals surface area contributed by atoms with Crippen molar-refractivity contribution in [2.24, 2.45) is 21.1 Å². The number of methoxy groups -OCH3 is 2. The van der Waals surface area contributed by atoms with Crippen molar-refractivity contribution in [1.82, 2.24) is 58.8 Å². The highest BCUT2D eigenvalue weighted by atomic mass is 32.1. The van der Waals surface area contributed by atoms with Crippen LogP contribution in [0.3, 0.4) is 0 Å².